The van der Waals surface area contributed by atoms with Crippen molar-refractivity contribution in [2.75, 3.05) is 0 Å². The first-order chi connectivity index (χ1) is 5.95. The topological polar surface area (TPSA) is 48.9 Å². The molecule has 1 rings (SSSR count). The summed E-state index contributed by atoms with van der Waals surface area (Å²) < 4.78 is 3.64. The first-order valence-corrected chi connectivity index (χ1v) is 4.20. The van der Waals surface area contributed by atoms with Gasteiger partial charge in [0.05, 0.1) is 13.0 Å². The van der Waals surface area contributed by atoms with Crippen molar-refractivity contribution < 1.29 is 14.5 Å². The number of rotatable bonds is 2. The van der Waals surface area contributed by atoms with Gasteiger partial charge in [-0.1, -0.05) is 0 Å². The number of carbonyl (C=O) groups excluding carboxylic acids is 1. The van der Waals surface area contributed by atoms with Crippen LogP contribution in [0.15, 0.2) is 6.20 Å². The van der Waals surface area contributed by atoms with Crippen molar-refractivity contribution in [3.05, 3.63) is 17.7 Å². The molecule has 4 nitrogen and oxygen atoms in total. The predicted octanol–water partition coefficient (Wildman–Crippen LogP) is -0.760. The molecule has 0 N–H and O–H groups in total. The first kappa shape index (κ1) is 9.77. The van der Waals surface area contributed by atoms with Crippen LogP contribution in [-0.2, 0) is 11.8 Å². The Morgan fingerprint density at radius 3 is 2.46 bits per heavy atom. The fourth-order valence-corrected chi connectivity index (χ4v) is 1.32. The van der Waals surface area contributed by atoms with E-state index in [0.717, 1.165) is 11.5 Å². The molecule has 1 unspecified atom stereocenters. The molecule has 4 heteroatoms. The quantitative estimate of drug-likeness (QED) is 0.564. The second kappa shape index (κ2) is 3.20. The predicted molar refractivity (Wildman–Crippen MR) is 44.8 cm³/mol. The fraction of sp³-hybridized carbons (Fsp3) is 0.556. The molecule has 0 aliphatic rings. The van der Waals surface area contributed by atoms with Gasteiger partial charge in [-0.3, -0.25) is 0 Å². The number of hydrogen-bond donors (Lipinski definition) is 0. The van der Waals surface area contributed by atoms with Crippen LogP contribution < -0.4 is 9.67 Å². The molecule has 0 spiro atoms. The normalized spacial score (nSPS) is 12.9. The third kappa shape index (κ3) is 1.56. The summed E-state index contributed by atoms with van der Waals surface area (Å²) in [5.41, 5.74) is 1.03. The minimum atomic E-state index is -1.06. The largest absolute Gasteiger partial charge is 0.546 e. The Labute approximate surface area is 77.4 Å². The minimum absolute atomic E-state index is 0.611. The molecular weight excluding hydrogens is 168 g/mol. The lowest BCUT2D eigenvalue weighted by Gasteiger charge is -2.09. The highest BCUT2D eigenvalue weighted by Gasteiger charge is 2.19. The van der Waals surface area contributed by atoms with E-state index in [1.165, 1.54) is 0 Å². The van der Waals surface area contributed by atoms with Gasteiger partial charge in [0.25, 0.3) is 5.82 Å². The lowest BCUT2D eigenvalue weighted by molar-refractivity contribution is -0.717. The second-order valence-electron chi connectivity index (χ2n) is 3.28. The molecule has 0 amide bonds. The van der Waals surface area contributed by atoms with Gasteiger partial charge in [-0.25, -0.2) is 9.13 Å². The van der Waals surface area contributed by atoms with Gasteiger partial charge in [0.2, 0.25) is 0 Å². The summed E-state index contributed by atoms with van der Waals surface area (Å²) in [5.74, 6) is -0.145. The van der Waals surface area contributed by atoms with Gasteiger partial charge in [-0.15, -0.1) is 0 Å². The SMILES string of the molecule is Cc1c[n+](C(C)C(=O)[O-])c(C)n1C. The van der Waals surface area contributed by atoms with Crippen molar-refractivity contribution in [2.45, 2.75) is 26.8 Å². The molecule has 1 heterocycles. The molecule has 0 bridgehead atoms. The Kier molecular flexibility index (Phi) is 2.40. The number of aliphatic carboxylic acids is 1. The van der Waals surface area contributed by atoms with Crippen LogP contribution in [0.2, 0.25) is 0 Å². The highest BCUT2D eigenvalue weighted by molar-refractivity contribution is 5.66. The zero-order chi connectivity index (χ0) is 10.2. The number of imidazole rings is 1. The third-order valence-electron chi connectivity index (χ3n) is 2.47. The van der Waals surface area contributed by atoms with Crippen molar-refractivity contribution in [1.82, 2.24) is 4.57 Å². The molecule has 0 saturated carbocycles. The monoisotopic (exact) mass is 182 g/mol. The summed E-state index contributed by atoms with van der Waals surface area (Å²) in [6, 6.07) is -0.611. The van der Waals surface area contributed by atoms with Crippen molar-refractivity contribution in [1.29, 1.82) is 0 Å². The van der Waals surface area contributed by atoms with Gasteiger partial charge in [-0.2, -0.15) is 0 Å². The molecule has 1 atom stereocenters. The first-order valence-electron chi connectivity index (χ1n) is 4.20. The van der Waals surface area contributed by atoms with Crippen LogP contribution in [-0.4, -0.2) is 10.5 Å². The summed E-state index contributed by atoms with van der Waals surface area (Å²) in [7, 11) is 1.91. The zero-order valence-electron chi connectivity index (χ0n) is 8.37. The molecule has 0 aliphatic carbocycles. The van der Waals surface area contributed by atoms with E-state index in [1.807, 2.05) is 31.7 Å². The molecule has 1 aromatic heterocycles. The maximum Gasteiger partial charge on any atom is 0.253 e. The van der Waals surface area contributed by atoms with Gasteiger partial charge >= 0.3 is 0 Å². The molecular formula is C9H14N2O2. The summed E-state index contributed by atoms with van der Waals surface area (Å²) in [6.45, 7) is 5.43. The van der Waals surface area contributed by atoms with Crippen LogP contribution in [0.5, 0.6) is 0 Å². The van der Waals surface area contributed by atoms with Crippen molar-refractivity contribution in [2.24, 2.45) is 7.05 Å². The molecule has 1 aromatic rings. The zero-order valence-corrected chi connectivity index (χ0v) is 8.37. The Morgan fingerprint density at radius 2 is 2.15 bits per heavy atom. The summed E-state index contributed by atoms with van der Waals surface area (Å²) in [5, 5.41) is 10.6. The number of carboxylic acid groups (broad SMARTS) is 1. The molecule has 0 aliphatic heterocycles. The minimum Gasteiger partial charge on any atom is -0.546 e. The van der Waals surface area contributed by atoms with Gasteiger partial charge in [0.15, 0.2) is 0 Å². The van der Waals surface area contributed by atoms with E-state index in [0.29, 0.717) is 0 Å². The van der Waals surface area contributed by atoms with Crippen LogP contribution >= 0.6 is 0 Å². The Bertz CT molecular complexity index is 342. The van der Waals surface area contributed by atoms with E-state index in [2.05, 4.69) is 0 Å². The fourth-order valence-electron chi connectivity index (χ4n) is 1.32. The van der Waals surface area contributed by atoms with E-state index in [9.17, 15) is 9.90 Å². The molecule has 72 valence electrons. The summed E-state index contributed by atoms with van der Waals surface area (Å²) in [4.78, 5) is 10.6. The van der Waals surface area contributed by atoms with Crippen LogP contribution in [0.3, 0.4) is 0 Å². The van der Waals surface area contributed by atoms with Crippen molar-refractivity contribution in [3.8, 4) is 0 Å². The average Bonchev–Trinajstić information content (AvgIpc) is 2.31. The molecule has 0 saturated heterocycles. The lowest BCUT2D eigenvalue weighted by Crippen LogP contribution is -2.48. The number of hydrogen-bond acceptors (Lipinski definition) is 2. The van der Waals surface area contributed by atoms with Gasteiger partial charge < -0.3 is 9.90 Å². The second-order valence-corrected chi connectivity index (χ2v) is 3.28. The Morgan fingerprint density at radius 1 is 1.62 bits per heavy atom. The van der Waals surface area contributed by atoms with Crippen LogP contribution in [0.1, 0.15) is 24.5 Å². The van der Waals surface area contributed by atoms with Crippen molar-refractivity contribution in [3.63, 3.8) is 0 Å². The van der Waals surface area contributed by atoms with E-state index in [4.69, 9.17) is 0 Å². The maximum absolute atomic E-state index is 10.6. The Balaban J connectivity index is 3.15. The highest BCUT2D eigenvalue weighted by atomic mass is 16.4. The molecule has 0 fully saturated rings. The smallest absolute Gasteiger partial charge is 0.253 e. The number of carbonyl (C=O) groups is 1. The average molecular weight is 182 g/mol. The summed E-state index contributed by atoms with van der Waals surface area (Å²) in [6.07, 6.45) is 1.82. The molecule has 0 radical (unpaired) electrons. The van der Waals surface area contributed by atoms with Gasteiger partial charge in [-0.05, 0) is 6.92 Å². The number of aryl methyl sites for hydroxylation is 1. The number of carboxylic acids is 1. The maximum atomic E-state index is 10.6. The Hall–Kier alpha value is -1.32. The van der Waals surface area contributed by atoms with E-state index in [-0.39, 0.29) is 0 Å². The molecule has 0 aromatic carbocycles. The van der Waals surface area contributed by atoms with E-state index >= 15 is 0 Å². The number of aromatic nitrogens is 2. The van der Waals surface area contributed by atoms with E-state index in [1.54, 1.807) is 11.5 Å². The van der Waals surface area contributed by atoms with Crippen molar-refractivity contribution >= 4 is 5.97 Å². The van der Waals surface area contributed by atoms with Crippen LogP contribution in [0.4, 0.5) is 0 Å². The summed E-state index contributed by atoms with van der Waals surface area (Å²) >= 11 is 0. The third-order valence-corrected chi connectivity index (χ3v) is 2.47. The van der Waals surface area contributed by atoms with Crippen LogP contribution in [0, 0.1) is 13.8 Å². The van der Waals surface area contributed by atoms with Gasteiger partial charge in [0.1, 0.15) is 17.9 Å². The van der Waals surface area contributed by atoms with Gasteiger partial charge in [0, 0.05) is 13.8 Å². The lowest BCUT2D eigenvalue weighted by atomic mass is 10.3. The number of nitrogens with zero attached hydrogens (tertiary/aromatic N) is 2. The standard InChI is InChI=1S/C9H14N2O2/c1-6-5-11(7(2)9(12)13)8(3)10(6)4/h5,7H,1-4H3. The molecule has 13 heavy (non-hydrogen) atoms. The highest BCUT2D eigenvalue weighted by Crippen LogP contribution is 2.02. The van der Waals surface area contributed by atoms with Crippen LogP contribution in [0.25, 0.3) is 0 Å². The van der Waals surface area contributed by atoms with E-state index < -0.39 is 12.0 Å².